The number of aliphatic imine (C=N–C) groups is 1. The molecule has 1 atom stereocenters. The number of nitrogens with one attached hydrogen (secondary N) is 1. The highest BCUT2D eigenvalue weighted by molar-refractivity contribution is 14.0. The number of halogens is 1. The van der Waals surface area contributed by atoms with Gasteiger partial charge < -0.3 is 15.8 Å². The van der Waals surface area contributed by atoms with Gasteiger partial charge in [-0.05, 0) is 25.5 Å². The molecule has 0 amide bonds. The zero-order valence-corrected chi connectivity index (χ0v) is 15.9. The van der Waals surface area contributed by atoms with Crippen molar-refractivity contribution in [3.8, 4) is 5.82 Å². The molecule has 2 heterocycles. The van der Waals surface area contributed by atoms with Crippen LogP contribution in [-0.2, 0) is 11.3 Å². The van der Waals surface area contributed by atoms with Gasteiger partial charge in [0.15, 0.2) is 5.96 Å². The lowest BCUT2D eigenvalue weighted by molar-refractivity contribution is 0.179. The van der Waals surface area contributed by atoms with Crippen molar-refractivity contribution in [2.75, 3.05) is 13.7 Å². The number of guanidine groups is 1. The molecule has 0 radical (unpaired) electrons. The average molecular weight is 430 g/mol. The first-order chi connectivity index (χ1) is 10.6. The summed E-state index contributed by atoms with van der Waals surface area (Å²) < 4.78 is 6.96. The van der Waals surface area contributed by atoms with Gasteiger partial charge in [0.1, 0.15) is 11.6 Å². The van der Waals surface area contributed by atoms with Crippen LogP contribution >= 0.6 is 24.0 Å². The number of imidazole rings is 1. The quantitative estimate of drug-likeness (QED) is 0.413. The first-order valence-electron chi connectivity index (χ1n) is 7.10. The number of ether oxygens (including phenoxy) is 1. The highest BCUT2D eigenvalue weighted by Gasteiger charge is 2.03. The van der Waals surface area contributed by atoms with Gasteiger partial charge in [0.05, 0.1) is 13.2 Å². The Morgan fingerprint density at radius 3 is 2.78 bits per heavy atom. The van der Waals surface area contributed by atoms with Crippen LogP contribution < -0.4 is 11.1 Å². The molecule has 0 aliphatic carbocycles. The van der Waals surface area contributed by atoms with Gasteiger partial charge in [0.2, 0.25) is 0 Å². The zero-order chi connectivity index (χ0) is 15.9. The van der Waals surface area contributed by atoms with Gasteiger partial charge in [-0.2, -0.15) is 0 Å². The first-order valence-corrected chi connectivity index (χ1v) is 7.10. The van der Waals surface area contributed by atoms with Crippen LogP contribution in [0.3, 0.4) is 0 Å². The van der Waals surface area contributed by atoms with E-state index < -0.39 is 0 Å². The number of aryl methyl sites for hydroxylation is 1. The van der Waals surface area contributed by atoms with Crippen LogP contribution in [0.2, 0.25) is 0 Å². The Balaban J connectivity index is 0.00000264. The van der Waals surface area contributed by atoms with Gasteiger partial charge in [-0.1, -0.05) is 6.07 Å². The van der Waals surface area contributed by atoms with Crippen molar-refractivity contribution < 1.29 is 4.74 Å². The summed E-state index contributed by atoms with van der Waals surface area (Å²) in [5.41, 5.74) is 6.82. The fraction of sp³-hybridized carbons (Fsp3) is 0.400. The van der Waals surface area contributed by atoms with Gasteiger partial charge in [0, 0.05) is 31.7 Å². The molecule has 2 rings (SSSR count). The Morgan fingerprint density at radius 2 is 2.22 bits per heavy atom. The molecule has 0 aromatic carbocycles. The smallest absolute Gasteiger partial charge is 0.189 e. The van der Waals surface area contributed by atoms with Crippen molar-refractivity contribution in [2.45, 2.75) is 26.4 Å². The largest absolute Gasteiger partial charge is 0.383 e. The number of pyridine rings is 1. The normalized spacial score (nSPS) is 12.6. The van der Waals surface area contributed by atoms with Gasteiger partial charge in [0.25, 0.3) is 0 Å². The van der Waals surface area contributed by atoms with E-state index in [0.717, 1.165) is 17.2 Å². The fourth-order valence-electron chi connectivity index (χ4n) is 2.04. The summed E-state index contributed by atoms with van der Waals surface area (Å²) in [6.45, 7) is 4.98. The Bertz CT molecular complexity index is 625. The minimum Gasteiger partial charge on any atom is -0.383 e. The maximum atomic E-state index is 5.83. The van der Waals surface area contributed by atoms with Crippen molar-refractivity contribution in [1.82, 2.24) is 19.9 Å². The predicted octanol–water partition coefficient (Wildman–Crippen LogP) is 1.63. The van der Waals surface area contributed by atoms with E-state index >= 15 is 0 Å². The van der Waals surface area contributed by atoms with E-state index in [9.17, 15) is 0 Å². The average Bonchev–Trinajstić information content (AvgIpc) is 2.92. The maximum absolute atomic E-state index is 5.83. The molecule has 1 unspecified atom stereocenters. The Hall–Kier alpha value is -1.68. The van der Waals surface area contributed by atoms with E-state index in [-0.39, 0.29) is 30.0 Å². The van der Waals surface area contributed by atoms with Crippen LogP contribution in [-0.4, -0.2) is 40.3 Å². The molecule has 0 spiro atoms. The van der Waals surface area contributed by atoms with Gasteiger partial charge in [-0.25, -0.2) is 15.0 Å². The SMILES string of the molecule is COCC(C)NC(N)=NCc1ccc(-n2ccnc2C)nc1.I. The fourth-order valence-corrected chi connectivity index (χ4v) is 2.04. The second-order valence-corrected chi connectivity index (χ2v) is 5.07. The molecule has 0 bridgehead atoms. The number of hydrogen-bond donors (Lipinski definition) is 2. The zero-order valence-electron chi connectivity index (χ0n) is 13.6. The van der Waals surface area contributed by atoms with E-state index in [1.54, 1.807) is 19.5 Å². The summed E-state index contributed by atoms with van der Waals surface area (Å²) in [6.07, 6.45) is 5.43. The predicted molar refractivity (Wildman–Crippen MR) is 101 cm³/mol. The summed E-state index contributed by atoms with van der Waals surface area (Å²) in [7, 11) is 1.65. The molecule has 23 heavy (non-hydrogen) atoms. The van der Waals surface area contributed by atoms with Crippen molar-refractivity contribution in [2.24, 2.45) is 10.7 Å². The van der Waals surface area contributed by atoms with E-state index in [0.29, 0.717) is 19.1 Å². The van der Waals surface area contributed by atoms with Crippen molar-refractivity contribution in [3.05, 3.63) is 42.1 Å². The molecule has 0 aliphatic rings. The second-order valence-electron chi connectivity index (χ2n) is 5.07. The third kappa shape index (κ3) is 5.79. The van der Waals surface area contributed by atoms with Crippen LogP contribution in [0.5, 0.6) is 0 Å². The number of methoxy groups -OCH3 is 1. The number of nitrogens with two attached hydrogens (primary N) is 1. The minimum atomic E-state index is 0. The second kappa shape index (κ2) is 9.46. The van der Waals surface area contributed by atoms with Crippen LogP contribution in [0, 0.1) is 6.92 Å². The molecule has 0 saturated carbocycles. The molecule has 126 valence electrons. The Morgan fingerprint density at radius 1 is 1.43 bits per heavy atom. The highest BCUT2D eigenvalue weighted by Crippen LogP contribution is 2.08. The number of nitrogens with zero attached hydrogens (tertiary/aromatic N) is 4. The summed E-state index contributed by atoms with van der Waals surface area (Å²) in [5.74, 6) is 2.14. The van der Waals surface area contributed by atoms with E-state index in [2.05, 4.69) is 20.3 Å². The molecular weight excluding hydrogens is 407 g/mol. The lowest BCUT2D eigenvalue weighted by atomic mass is 10.3. The van der Waals surface area contributed by atoms with E-state index in [1.165, 1.54) is 0 Å². The van der Waals surface area contributed by atoms with Crippen LogP contribution in [0.1, 0.15) is 18.3 Å². The van der Waals surface area contributed by atoms with Gasteiger partial charge >= 0.3 is 0 Å². The molecule has 2 aromatic rings. The topological polar surface area (TPSA) is 90.3 Å². The molecule has 3 N–H and O–H groups in total. The lowest BCUT2D eigenvalue weighted by Gasteiger charge is -2.13. The molecule has 2 aromatic heterocycles. The summed E-state index contributed by atoms with van der Waals surface area (Å²) in [5, 5.41) is 3.06. The Labute approximate surface area is 153 Å². The summed E-state index contributed by atoms with van der Waals surface area (Å²) in [6, 6.07) is 4.05. The number of hydrogen-bond acceptors (Lipinski definition) is 4. The third-order valence-electron chi connectivity index (χ3n) is 3.12. The third-order valence-corrected chi connectivity index (χ3v) is 3.12. The van der Waals surface area contributed by atoms with Crippen LogP contribution in [0.4, 0.5) is 0 Å². The van der Waals surface area contributed by atoms with Gasteiger partial charge in [-0.3, -0.25) is 4.57 Å². The van der Waals surface area contributed by atoms with E-state index in [4.69, 9.17) is 10.5 Å². The number of aromatic nitrogens is 3. The first kappa shape index (κ1) is 19.4. The van der Waals surface area contributed by atoms with Crippen LogP contribution in [0.25, 0.3) is 5.82 Å². The van der Waals surface area contributed by atoms with Gasteiger partial charge in [-0.15, -0.1) is 24.0 Å². The highest BCUT2D eigenvalue weighted by atomic mass is 127. The molecule has 0 fully saturated rings. The van der Waals surface area contributed by atoms with Crippen molar-refractivity contribution in [1.29, 1.82) is 0 Å². The lowest BCUT2D eigenvalue weighted by Crippen LogP contribution is -2.40. The van der Waals surface area contributed by atoms with E-state index in [1.807, 2.05) is 36.7 Å². The maximum Gasteiger partial charge on any atom is 0.189 e. The molecule has 7 nitrogen and oxygen atoms in total. The van der Waals surface area contributed by atoms with Crippen LogP contribution in [0.15, 0.2) is 35.7 Å². The number of rotatable bonds is 6. The monoisotopic (exact) mass is 430 g/mol. The Kier molecular flexibility index (Phi) is 7.96. The minimum absolute atomic E-state index is 0. The molecule has 8 heteroatoms. The standard InChI is InChI=1S/C15H22N6O.HI/c1-11(10-22-3)20-15(16)19-9-13-4-5-14(18-8-13)21-7-6-17-12(21)2;/h4-8,11H,9-10H2,1-3H3,(H3,16,19,20);1H. The van der Waals surface area contributed by atoms with Crippen molar-refractivity contribution >= 4 is 29.9 Å². The summed E-state index contributed by atoms with van der Waals surface area (Å²) >= 11 is 0. The van der Waals surface area contributed by atoms with Crippen molar-refractivity contribution in [3.63, 3.8) is 0 Å². The molecular formula is C15H23IN6O. The molecule has 0 saturated heterocycles. The summed E-state index contributed by atoms with van der Waals surface area (Å²) in [4.78, 5) is 12.9. The molecule has 0 aliphatic heterocycles.